The molecule has 0 radical (unpaired) electrons. The highest BCUT2D eigenvalue weighted by Gasteiger charge is 2.24. The third kappa shape index (κ3) is 3.97. The van der Waals surface area contributed by atoms with Crippen molar-refractivity contribution in [1.29, 1.82) is 0 Å². The predicted molar refractivity (Wildman–Crippen MR) is 77.0 cm³/mol. The van der Waals surface area contributed by atoms with Crippen molar-refractivity contribution in [3.05, 3.63) is 33.3 Å². The van der Waals surface area contributed by atoms with Gasteiger partial charge in [-0.3, -0.25) is 4.79 Å². The van der Waals surface area contributed by atoms with Gasteiger partial charge in [-0.05, 0) is 53.9 Å². The van der Waals surface area contributed by atoms with Gasteiger partial charge in [-0.15, -0.1) is 0 Å². The van der Waals surface area contributed by atoms with E-state index < -0.39 is 5.54 Å². The first-order chi connectivity index (χ1) is 8.41. The van der Waals surface area contributed by atoms with Crippen LogP contribution in [-0.2, 0) is 0 Å². The van der Waals surface area contributed by atoms with Crippen molar-refractivity contribution in [2.24, 2.45) is 0 Å². The zero-order valence-electron chi connectivity index (χ0n) is 10.5. The van der Waals surface area contributed by atoms with Crippen LogP contribution in [0.4, 0.5) is 0 Å². The highest BCUT2D eigenvalue weighted by atomic mass is 79.9. The number of nitrogens with one attached hydrogen (secondary N) is 1. The summed E-state index contributed by atoms with van der Waals surface area (Å²) in [5.74, 6) is -0.179. The van der Waals surface area contributed by atoms with E-state index in [0.717, 1.165) is 10.9 Å². The van der Waals surface area contributed by atoms with E-state index in [4.69, 9.17) is 16.7 Å². The van der Waals surface area contributed by atoms with Crippen LogP contribution < -0.4 is 5.32 Å². The van der Waals surface area contributed by atoms with Gasteiger partial charge in [0.2, 0.25) is 0 Å². The number of carbonyl (C=O) groups is 1. The molecule has 1 unspecified atom stereocenters. The molecule has 3 nitrogen and oxygen atoms in total. The van der Waals surface area contributed by atoms with E-state index in [1.54, 1.807) is 18.2 Å². The van der Waals surface area contributed by atoms with E-state index in [1.165, 1.54) is 0 Å². The highest BCUT2D eigenvalue weighted by Crippen LogP contribution is 2.24. The smallest absolute Gasteiger partial charge is 0.251 e. The van der Waals surface area contributed by atoms with Gasteiger partial charge in [0.05, 0.1) is 5.02 Å². The van der Waals surface area contributed by atoms with E-state index in [2.05, 4.69) is 21.2 Å². The molecule has 2 N–H and O–H groups in total. The molecule has 100 valence electrons. The van der Waals surface area contributed by atoms with Gasteiger partial charge in [0.15, 0.2) is 0 Å². The van der Waals surface area contributed by atoms with Crippen molar-refractivity contribution < 1.29 is 9.90 Å². The predicted octanol–water partition coefficient (Wildman–Crippen LogP) is 3.38. The van der Waals surface area contributed by atoms with E-state index in [9.17, 15) is 4.79 Å². The second-order valence-electron chi connectivity index (χ2n) is 4.47. The number of rotatable bonds is 5. The van der Waals surface area contributed by atoms with Crippen molar-refractivity contribution in [2.45, 2.75) is 32.2 Å². The first-order valence-electron chi connectivity index (χ1n) is 5.80. The Morgan fingerprint density at radius 2 is 2.22 bits per heavy atom. The Morgan fingerprint density at radius 3 is 2.72 bits per heavy atom. The van der Waals surface area contributed by atoms with Crippen LogP contribution in [0.3, 0.4) is 0 Å². The SMILES string of the molecule is CCC(C)(CCO)NC(=O)c1ccc(Br)c(Cl)c1. The molecule has 0 aliphatic carbocycles. The lowest BCUT2D eigenvalue weighted by Gasteiger charge is -2.29. The van der Waals surface area contributed by atoms with Crippen LogP contribution in [0, 0.1) is 0 Å². The number of aliphatic hydroxyl groups is 1. The lowest BCUT2D eigenvalue weighted by Crippen LogP contribution is -2.46. The summed E-state index contributed by atoms with van der Waals surface area (Å²) in [5.41, 5.74) is 0.117. The minimum absolute atomic E-state index is 0.0473. The molecular weight excluding hydrogens is 318 g/mol. The summed E-state index contributed by atoms with van der Waals surface area (Å²) < 4.78 is 0.759. The van der Waals surface area contributed by atoms with Gasteiger partial charge in [-0.2, -0.15) is 0 Å². The molecule has 18 heavy (non-hydrogen) atoms. The lowest BCUT2D eigenvalue weighted by atomic mass is 9.94. The quantitative estimate of drug-likeness (QED) is 0.867. The molecule has 1 atom stereocenters. The van der Waals surface area contributed by atoms with Crippen LogP contribution in [0.1, 0.15) is 37.0 Å². The largest absolute Gasteiger partial charge is 0.396 e. The number of benzene rings is 1. The summed E-state index contributed by atoms with van der Waals surface area (Å²) in [4.78, 5) is 12.1. The molecule has 0 fully saturated rings. The number of amides is 1. The topological polar surface area (TPSA) is 49.3 Å². The lowest BCUT2D eigenvalue weighted by molar-refractivity contribution is 0.0886. The van der Waals surface area contributed by atoms with Crippen molar-refractivity contribution in [1.82, 2.24) is 5.32 Å². The number of hydrogen-bond donors (Lipinski definition) is 2. The van der Waals surface area contributed by atoms with Gasteiger partial charge in [-0.25, -0.2) is 0 Å². The Bertz CT molecular complexity index is 439. The average Bonchev–Trinajstić information content (AvgIpc) is 2.32. The van der Waals surface area contributed by atoms with Gasteiger partial charge < -0.3 is 10.4 Å². The van der Waals surface area contributed by atoms with Crippen molar-refractivity contribution >= 4 is 33.4 Å². The third-order valence-corrected chi connectivity index (χ3v) is 4.27. The standard InChI is InChI=1S/C13H17BrClNO2/c1-3-13(2,6-7-17)16-12(18)9-4-5-10(14)11(15)8-9/h4-5,8,17H,3,6-7H2,1-2H3,(H,16,18). The molecular formula is C13H17BrClNO2. The minimum atomic E-state index is -0.397. The van der Waals surface area contributed by atoms with Gasteiger partial charge >= 0.3 is 0 Å². The fourth-order valence-corrected chi connectivity index (χ4v) is 1.99. The summed E-state index contributed by atoms with van der Waals surface area (Å²) in [5, 5.41) is 12.5. The Labute approximate surface area is 121 Å². The Hall–Kier alpha value is -0.580. The molecule has 0 aliphatic heterocycles. The van der Waals surface area contributed by atoms with E-state index in [0.29, 0.717) is 17.0 Å². The summed E-state index contributed by atoms with van der Waals surface area (Å²) in [7, 11) is 0. The summed E-state index contributed by atoms with van der Waals surface area (Å²) in [6, 6.07) is 5.07. The van der Waals surface area contributed by atoms with Gasteiger partial charge in [0, 0.05) is 22.2 Å². The first-order valence-corrected chi connectivity index (χ1v) is 6.97. The Balaban J connectivity index is 2.84. The van der Waals surface area contributed by atoms with Gasteiger partial charge in [0.1, 0.15) is 0 Å². The molecule has 1 aromatic carbocycles. The molecule has 0 aromatic heterocycles. The minimum Gasteiger partial charge on any atom is -0.396 e. The highest BCUT2D eigenvalue weighted by molar-refractivity contribution is 9.10. The van der Waals surface area contributed by atoms with Crippen LogP contribution in [0.15, 0.2) is 22.7 Å². The van der Waals surface area contributed by atoms with E-state index in [1.807, 2.05) is 13.8 Å². The molecule has 1 rings (SSSR count). The third-order valence-electron chi connectivity index (χ3n) is 3.04. The fraction of sp³-hybridized carbons (Fsp3) is 0.462. The Kier molecular flexibility index (Phi) is 5.63. The molecule has 0 saturated carbocycles. The maximum atomic E-state index is 12.1. The van der Waals surface area contributed by atoms with E-state index in [-0.39, 0.29) is 12.5 Å². The first kappa shape index (κ1) is 15.5. The second-order valence-corrected chi connectivity index (χ2v) is 5.73. The normalized spacial score (nSPS) is 14.1. The van der Waals surface area contributed by atoms with Gasteiger partial charge in [0.25, 0.3) is 5.91 Å². The molecule has 0 saturated heterocycles. The summed E-state index contributed by atoms with van der Waals surface area (Å²) in [6.45, 7) is 3.94. The number of hydrogen-bond acceptors (Lipinski definition) is 2. The maximum Gasteiger partial charge on any atom is 0.251 e. The van der Waals surface area contributed by atoms with Crippen LogP contribution in [0.2, 0.25) is 5.02 Å². The maximum absolute atomic E-state index is 12.1. The van der Waals surface area contributed by atoms with Crippen LogP contribution >= 0.6 is 27.5 Å². The van der Waals surface area contributed by atoms with Crippen LogP contribution in [0.5, 0.6) is 0 Å². The molecule has 0 heterocycles. The van der Waals surface area contributed by atoms with Crippen molar-refractivity contribution in [3.63, 3.8) is 0 Å². The van der Waals surface area contributed by atoms with Crippen molar-refractivity contribution in [3.8, 4) is 0 Å². The molecule has 1 amide bonds. The fourth-order valence-electron chi connectivity index (χ4n) is 1.56. The van der Waals surface area contributed by atoms with Crippen LogP contribution in [0.25, 0.3) is 0 Å². The molecule has 5 heteroatoms. The zero-order chi connectivity index (χ0) is 13.8. The zero-order valence-corrected chi connectivity index (χ0v) is 12.8. The number of carbonyl (C=O) groups excluding carboxylic acids is 1. The molecule has 1 aromatic rings. The van der Waals surface area contributed by atoms with E-state index >= 15 is 0 Å². The number of halogens is 2. The average molecular weight is 335 g/mol. The molecule has 0 spiro atoms. The summed E-state index contributed by atoms with van der Waals surface area (Å²) >= 11 is 9.24. The Morgan fingerprint density at radius 1 is 1.56 bits per heavy atom. The second kappa shape index (κ2) is 6.55. The van der Waals surface area contributed by atoms with Gasteiger partial charge in [-0.1, -0.05) is 18.5 Å². The monoisotopic (exact) mass is 333 g/mol. The summed E-state index contributed by atoms with van der Waals surface area (Å²) in [6.07, 6.45) is 1.28. The number of aliphatic hydroxyl groups excluding tert-OH is 1. The molecule has 0 aliphatic rings. The van der Waals surface area contributed by atoms with Crippen LogP contribution in [-0.4, -0.2) is 23.2 Å². The molecule has 0 bridgehead atoms. The van der Waals surface area contributed by atoms with Crippen molar-refractivity contribution in [2.75, 3.05) is 6.61 Å².